The van der Waals surface area contributed by atoms with Gasteiger partial charge in [-0.15, -0.1) is 0 Å². The van der Waals surface area contributed by atoms with Gasteiger partial charge >= 0.3 is 17.9 Å². The van der Waals surface area contributed by atoms with Gasteiger partial charge in [0.25, 0.3) is 0 Å². The number of fused-ring (bicyclic) bond motifs is 7. The molecular weight excluding hydrogens is 743 g/mol. The summed E-state index contributed by atoms with van der Waals surface area (Å²) in [5, 5.41) is 3.45. The second kappa shape index (κ2) is 15.6. The number of ether oxygens (including phenoxy) is 5. The van der Waals surface area contributed by atoms with Gasteiger partial charge in [0.1, 0.15) is 12.2 Å². The van der Waals surface area contributed by atoms with Crippen LogP contribution in [0.4, 0.5) is 0 Å². The molecule has 1 N–H and O–H groups in total. The molecule has 9 fully saturated rings. The minimum Gasteiger partial charge on any atom is -0.469 e. The molecule has 0 aromatic rings. The first-order valence-electron chi connectivity index (χ1n) is 22.8. The highest BCUT2D eigenvalue weighted by Crippen LogP contribution is 2.69. The van der Waals surface area contributed by atoms with Crippen molar-refractivity contribution in [3.63, 3.8) is 0 Å². The van der Waals surface area contributed by atoms with Crippen molar-refractivity contribution in [1.82, 2.24) is 5.32 Å². The quantitative estimate of drug-likeness (QED) is 0.141. The summed E-state index contributed by atoms with van der Waals surface area (Å²) < 4.78 is 31.0. The van der Waals surface area contributed by atoms with Crippen molar-refractivity contribution in [2.24, 2.45) is 70.0 Å². The van der Waals surface area contributed by atoms with E-state index in [1.54, 1.807) is 0 Å². The van der Waals surface area contributed by atoms with E-state index in [1.165, 1.54) is 21.0 Å². The summed E-state index contributed by atoms with van der Waals surface area (Å²) in [7, 11) is 1.43. The van der Waals surface area contributed by atoms with E-state index >= 15 is 0 Å². The van der Waals surface area contributed by atoms with Crippen molar-refractivity contribution in [2.45, 2.75) is 187 Å². The lowest BCUT2D eigenvalue weighted by Gasteiger charge is -2.64. The standard InChI is InChI=1S/C46H71NO11/c1-24(11-15-40(51)52-9)31-13-14-34-41-35(22-38(45(31,34)8)54-28(5)49)43(6)18-16-30(20-29(43)21-37(41)53-27(4)48)47-39(50)23-36-26(3)33-12-10-25(2)32-17-19-44(7)56-42(55-36)46(32,33)58-57-44/h24-26,29-38,41-42H,10-23H2,1-9H3,(H,47,50)/t24-,25-,26-,29+,30-,31-,32+,33+,34+,35+,36-,37-,38+,41+,42+,43+,44-,45-,46-/m1/s1. The van der Waals surface area contributed by atoms with Crippen molar-refractivity contribution < 1.29 is 52.6 Å². The Bertz CT molecular complexity index is 1610. The molecule has 0 unspecified atom stereocenters. The smallest absolute Gasteiger partial charge is 0.305 e. The highest BCUT2D eigenvalue weighted by atomic mass is 17.3. The number of rotatable bonds is 9. The van der Waals surface area contributed by atoms with Crippen LogP contribution >= 0.6 is 0 Å². The zero-order valence-corrected chi connectivity index (χ0v) is 36.6. The fraction of sp³-hybridized carbons (Fsp3) is 0.913. The van der Waals surface area contributed by atoms with Gasteiger partial charge < -0.3 is 29.0 Å². The second-order valence-electron chi connectivity index (χ2n) is 21.0. The summed E-state index contributed by atoms with van der Waals surface area (Å²) in [6.07, 6.45) is 9.75. The highest BCUT2D eigenvalue weighted by molar-refractivity contribution is 5.77. The van der Waals surface area contributed by atoms with Crippen LogP contribution in [-0.2, 0) is 52.6 Å². The average molecular weight is 814 g/mol. The average Bonchev–Trinajstić information content (AvgIpc) is 3.36. The third-order valence-electron chi connectivity index (χ3n) is 18.2. The Hall–Kier alpha value is -2.28. The molecule has 4 heterocycles. The topological polar surface area (TPSA) is 145 Å². The number of carbonyl (C=O) groups is 4. The van der Waals surface area contributed by atoms with Gasteiger partial charge in [0, 0.05) is 50.0 Å². The van der Waals surface area contributed by atoms with Gasteiger partial charge in [0.05, 0.1) is 19.6 Å². The summed E-state index contributed by atoms with van der Waals surface area (Å²) in [6, 6.07) is -0.00400. The summed E-state index contributed by atoms with van der Waals surface area (Å²) in [5.74, 6) is 0.633. The van der Waals surface area contributed by atoms with E-state index in [9.17, 15) is 19.2 Å². The SMILES string of the molecule is COC(=O)CC[C@@H](C)[C@H]1CC[C@H]2[C@@H]3[C@H](OC(C)=O)C[C@@H]4C[C@H](NC(=O)C[C@H]5O[C@H]6O[C@@]7(C)CC[C@H]8[C@H](C)CC[C@@H]([C@H]5C)[C@@]68OO7)CC[C@]4(C)[C@H]3C[C@H](OC(C)=O)[C@]12C. The molecular formula is C46H71NO11. The Kier molecular flexibility index (Phi) is 11.4. The summed E-state index contributed by atoms with van der Waals surface area (Å²) in [4.78, 5) is 64.1. The first-order valence-corrected chi connectivity index (χ1v) is 22.8. The number of amides is 1. The summed E-state index contributed by atoms with van der Waals surface area (Å²) in [5.41, 5.74) is -1.05. The normalized spacial score (nSPS) is 49.5. The Morgan fingerprint density at radius 2 is 1.57 bits per heavy atom. The zero-order chi connectivity index (χ0) is 41.5. The minimum absolute atomic E-state index is 0.00353. The van der Waals surface area contributed by atoms with Crippen LogP contribution in [-0.4, -0.2) is 73.0 Å². The molecule has 12 nitrogen and oxygen atoms in total. The largest absolute Gasteiger partial charge is 0.469 e. The van der Waals surface area contributed by atoms with Crippen LogP contribution in [0.15, 0.2) is 0 Å². The van der Waals surface area contributed by atoms with Gasteiger partial charge in [-0.2, -0.15) is 0 Å². The molecule has 5 aliphatic carbocycles. The van der Waals surface area contributed by atoms with E-state index in [0.717, 1.165) is 70.6 Å². The first-order chi connectivity index (χ1) is 27.4. The molecule has 58 heavy (non-hydrogen) atoms. The number of nitrogens with one attached hydrogen (secondary N) is 1. The van der Waals surface area contributed by atoms with Gasteiger partial charge in [-0.25, -0.2) is 9.78 Å². The molecule has 0 aromatic heterocycles. The Morgan fingerprint density at radius 1 is 0.828 bits per heavy atom. The van der Waals surface area contributed by atoms with E-state index < -0.39 is 17.7 Å². The molecule has 0 aromatic carbocycles. The van der Waals surface area contributed by atoms with E-state index in [1.807, 2.05) is 6.92 Å². The summed E-state index contributed by atoms with van der Waals surface area (Å²) in [6.45, 7) is 16.4. The molecule has 19 atom stereocenters. The molecule has 4 aliphatic heterocycles. The molecule has 1 spiro atoms. The van der Waals surface area contributed by atoms with Gasteiger partial charge in [0.15, 0.2) is 11.9 Å². The molecule has 9 aliphatic rings. The molecule has 4 saturated heterocycles. The molecule has 326 valence electrons. The molecule has 5 saturated carbocycles. The predicted octanol–water partition coefficient (Wildman–Crippen LogP) is 7.44. The minimum atomic E-state index is -0.860. The van der Waals surface area contributed by atoms with E-state index in [2.05, 4.69) is 39.9 Å². The lowest BCUT2D eigenvalue weighted by Crippen LogP contribution is -2.70. The number of hydrogen-bond acceptors (Lipinski definition) is 11. The lowest BCUT2D eigenvalue weighted by atomic mass is 9.43. The zero-order valence-electron chi connectivity index (χ0n) is 36.6. The Morgan fingerprint density at radius 3 is 2.29 bits per heavy atom. The fourth-order valence-electron chi connectivity index (χ4n) is 15.3. The van der Waals surface area contributed by atoms with Crippen LogP contribution in [0.25, 0.3) is 0 Å². The van der Waals surface area contributed by atoms with Gasteiger partial charge in [-0.05, 0) is 130 Å². The van der Waals surface area contributed by atoms with E-state index in [-0.39, 0.29) is 119 Å². The highest BCUT2D eigenvalue weighted by Gasteiger charge is 2.70. The molecule has 9 rings (SSSR count). The monoisotopic (exact) mass is 814 g/mol. The molecule has 0 radical (unpaired) electrons. The Balaban J connectivity index is 0.980. The van der Waals surface area contributed by atoms with Crippen LogP contribution in [0.5, 0.6) is 0 Å². The predicted molar refractivity (Wildman–Crippen MR) is 211 cm³/mol. The maximum atomic E-state index is 14.0. The molecule has 12 heteroatoms. The maximum Gasteiger partial charge on any atom is 0.305 e. The van der Waals surface area contributed by atoms with Crippen LogP contribution in [0.2, 0.25) is 0 Å². The molecule has 1 amide bonds. The number of methoxy groups -OCH3 is 1. The van der Waals surface area contributed by atoms with Crippen molar-refractivity contribution >= 4 is 23.8 Å². The first kappa shape index (κ1) is 42.4. The number of esters is 3. The maximum absolute atomic E-state index is 14.0. The second-order valence-corrected chi connectivity index (χ2v) is 21.0. The van der Waals surface area contributed by atoms with Gasteiger partial charge in [0.2, 0.25) is 11.7 Å². The van der Waals surface area contributed by atoms with Crippen molar-refractivity contribution in [3.05, 3.63) is 0 Å². The van der Waals surface area contributed by atoms with Crippen LogP contribution in [0.3, 0.4) is 0 Å². The van der Waals surface area contributed by atoms with Crippen LogP contribution < -0.4 is 5.32 Å². The van der Waals surface area contributed by atoms with E-state index in [0.29, 0.717) is 18.8 Å². The number of carbonyl (C=O) groups excluding carboxylic acids is 4. The third-order valence-corrected chi connectivity index (χ3v) is 18.2. The molecule has 2 bridgehead atoms. The Labute approximate surface area is 345 Å². The number of hydrogen-bond donors (Lipinski definition) is 1. The van der Waals surface area contributed by atoms with Crippen LogP contribution in [0, 0.1) is 70.0 Å². The lowest BCUT2D eigenvalue weighted by molar-refractivity contribution is -0.570. The van der Waals surface area contributed by atoms with Gasteiger partial charge in [-0.3, -0.25) is 19.2 Å². The van der Waals surface area contributed by atoms with Crippen molar-refractivity contribution in [2.75, 3.05) is 7.11 Å². The third kappa shape index (κ3) is 6.94. The van der Waals surface area contributed by atoms with Crippen LogP contribution in [0.1, 0.15) is 145 Å². The fourth-order valence-corrected chi connectivity index (χ4v) is 15.3. The van der Waals surface area contributed by atoms with Gasteiger partial charge in [-0.1, -0.05) is 34.6 Å². The van der Waals surface area contributed by atoms with Crippen molar-refractivity contribution in [1.29, 1.82) is 0 Å². The summed E-state index contributed by atoms with van der Waals surface area (Å²) >= 11 is 0. The van der Waals surface area contributed by atoms with Crippen molar-refractivity contribution in [3.8, 4) is 0 Å². The van der Waals surface area contributed by atoms with E-state index in [4.69, 9.17) is 33.5 Å².